The van der Waals surface area contributed by atoms with Crippen molar-refractivity contribution in [2.24, 2.45) is 0 Å². The van der Waals surface area contributed by atoms with Gasteiger partial charge in [0.15, 0.2) is 9.47 Å². The summed E-state index contributed by atoms with van der Waals surface area (Å²) in [6.07, 6.45) is 0. The number of carbonyl (C=O) groups excluding carboxylic acids is 1. The van der Waals surface area contributed by atoms with Crippen LogP contribution in [0, 0.1) is 13.8 Å². The molecule has 9 heteroatoms. The normalized spacial score (nSPS) is 11.8. The fraction of sp³-hybridized carbons (Fsp3) is 0.182. The lowest BCUT2D eigenvalue weighted by molar-refractivity contribution is -0.115. The predicted octanol–water partition coefficient (Wildman–Crippen LogP) is 6.14. The number of hydrogen-bond acceptors (Lipinski definition) is 8. The molecule has 0 unspecified atom stereocenters. The average molecular weight is 468 g/mol. The van der Waals surface area contributed by atoms with Crippen molar-refractivity contribution in [1.82, 2.24) is 15.2 Å². The Morgan fingerprint density at radius 3 is 2.65 bits per heavy atom. The zero-order valence-electron chi connectivity index (χ0n) is 17.2. The minimum Gasteiger partial charge on any atom is -0.330 e. The first-order valence-electron chi connectivity index (χ1n) is 9.65. The average Bonchev–Trinajstić information content (AvgIpc) is 3.41. The van der Waals surface area contributed by atoms with E-state index in [0.29, 0.717) is 10.3 Å². The summed E-state index contributed by atoms with van der Waals surface area (Å²) < 4.78 is 0.736. The molecule has 31 heavy (non-hydrogen) atoms. The van der Waals surface area contributed by atoms with Crippen LogP contribution in [0.4, 0.5) is 16.0 Å². The van der Waals surface area contributed by atoms with Gasteiger partial charge in [-0.25, -0.2) is 4.98 Å². The first kappa shape index (κ1) is 21.5. The van der Waals surface area contributed by atoms with Gasteiger partial charge in [0, 0.05) is 16.6 Å². The molecule has 2 N–H and O–H groups in total. The topological polar surface area (TPSA) is 79.8 Å². The van der Waals surface area contributed by atoms with E-state index in [-0.39, 0.29) is 11.2 Å². The van der Waals surface area contributed by atoms with Crippen LogP contribution in [0.15, 0.2) is 58.3 Å². The van der Waals surface area contributed by atoms with Crippen molar-refractivity contribution < 1.29 is 4.79 Å². The van der Waals surface area contributed by atoms with Crippen LogP contribution in [-0.4, -0.2) is 26.3 Å². The maximum absolute atomic E-state index is 12.6. The van der Waals surface area contributed by atoms with Crippen LogP contribution >= 0.6 is 34.4 Å². The number of thiazole rings is 1. The Morgan fingerprint density at radius 2 is 1.84 bits per heavy atom. The number of carbonyl (C=O) groups is 1. The van der Waals surface area contributed by atoms with Crippen molar-refractivity contribution >= 4 is 56.3 Å². The molecule has 1 atom stereocenters. The number of nitrogens with zero attached hydrogens (tertiary/aromatic N) is 3. The fourth-order valence-electron chi connectivity index (χ4n) is 2.79. The number of thioether (sulfide) groups is 1. The van der Waals surface area contributed by atoms with Crippen molar-refractivity contribution in [2.45, 2.75) is 30.4 Å². The van der Waals surface area contributed by atoms with Gasteiger partial charge in [-0.15, -0.1) is 21.5 Å². The van der Waals surface area contributed by atoms with Gasteiger partial charge < -0.3 is 10.6 Å². The zero-order valence-corrected chi connectivity index (χ0v) is 19.7. The summed E-state index contributed by atoms with van der Waals surface area (Å²) in [7, 11) is 0. The molecule has 2 aromatic carbocycles. The maximum Gasteiger partial charge on any atom is 0.239 e. The molecule has 4 rings (SSSR count). The molecule has 6 nitrogen and oxygen atoms in total. The number of nitrogens with one attached hydrogen (secondary N) is 2. The molecule has 158 valence electrons. The predicted molar refractivity (Wildman–Crippen MR) is 131 cm³/mol. The second kappa shape index (κ2) is 9.59. The van der Waals surface area contributed by atoms with E-state index in [9.17, 15) is 4.79 Å². The molecule has 0 saturated heterocycles. The molecule has 0 spiro atoms. The Kier molecular flexibility index (Phi) is 6.64. The third-order valence-electron chi connectivity index (χ3n) is 4.70. The van der Waals surface area contributed by atoms with Crippen molar-refractivity contribution in [3.63, 3.8) is 0 Å². The van der Waals surface area contributed by atoms with E-state index in [1.54, 1.807) is 0 Å². The van der Waals surface area contributed by atoms with E-state index in [1.165, 1.54) is 45.6 Å². The molecule has 0 aliphatic heterocycles. The third kappa shape index (κ3) is 5.30. The van der Waals surface area contributed by atoms with Gasteiger partial charge >= 0.3 is 0 Å². The number of amides is 1. The smallest absolute Gasteiger partial charge is 0.239 e. The molecular formula is C22H21N5OS3. The zero-order chi connectivity index (χ0) is 21.8. The molecule has 0 saturated carbocycles. The highest BCUT2D eigenvalue weighted by molar-refractivity contribution is 8.02. The number of hydrogen-bond donors (Lipinski definition) is 2. The number of aromatic nitrogens is 3. The van der Waals surface area contributed by atoms with Gasteiger partial charge in [-0.2, -0.15) is 0 Å². The molecule has 4 aromatic rings. The van der Waals surface area contributed by atoms with Gasteiger partial charge in [0.05, 0.1) is 10.9 Å². The highest BCUT2D eigenvalue weighted by Crippen LogP contribution is 2.32. The van der Waals surface area contributed by atoms with Crippen LogP contribution in [0.25, 0.3) is 11.3 Å². The Hall–Kier alpha value is -2.75. The second-order valence-corrected chi connectivity index (χ2v) is 10.3. The van der Waals surface area contributed by atoms with Crippen molar-refractivity contribution in [3.8, 4) is 11.3 Å². The van der Waals surface area contributed by atoms with E-state index in [1.807, 2.05) is 54.8 Å². The number of aryl methyl sites for hydroxylation is 1. The van der Waals surface area contributed by atoms with Crippen LogP contribution < -0.4 is 10.6 Å². The van der Waals surface area contributed by atoms with Crippen LogP contribution in [0.2, 0.25) is 0 Å². The quantitative estimate of drug-likeness (QED) is 0.318. The van der Waals surface area contributed by atoms with E-state index >= 15 is 0 Å². The van der Waals surface area contributed by atoms with Gasteiger partial charge in [-0.3, -0.25) is 4.79 Å². The number of benzene rings is 2. The summed E-state index contributed by atoms with van der Waals surface area (Å²) in [5, 5.41) is 17.5. The molecule has 0 aliphatic carbocycles. The molecular weight excluding hydrogens is 446 g/mol. The lowest BCUT2D eigenvalue weighted by Crippen LogP contribution is -2.22. The van der Waals surface area contributed by atoms with Crippen LogP contribution in [0.5, 0.6) is 0 Å². The van der Waals surface area contributed by atoms with E-state index < -0.39 is 0 Å². The summed E-state index contributed by atoms with van der Waals surface area (Å²) in [5.74, 6) is -0.113. The third-order valence-corrected chi connectivity index (χ3v) is 7.48. The monoisotopic (exact) mass is 467 g/mol. The Balaban J connectivity index is 1.35. The summed E-state index contributed by atoms with van der Waals surface area (Å²) >= 11 is 4.23. The molecule has 0 bridgehead atoms. The number of rotatable bonds is 7. The van der Waals surface area contributed by atoms with E-state index in [4.69, 9.17) is 0 Å². The van der Waals surface area contributed by atoms with Gasteiger partial charge in [-0.05, 0) is 38.0 Å². The summed E-state index contributed by atoms with van der Waals surface area (Å²) in [4.78, 5) is 17.1. The number of anilines is 3. The SMILES string of the molecule is Cc1cccc(Nc2nnc(S[C@@H](C)C(=O)Nc3nc(-c4ccccc4)cs3)s2)c1C. The highest BCUT2D eigenvalue weighted by Gasteiger charge is 2.19. The second-order valence-electron chi connectivity index (χ2n) is 6.90. The Morgan fingerprint density at radius 1 is 1.03 bits per heavy atom. The largest absolute Gasteiger partial charge is 0.330 e. The van der Waals surface area contributed by atoms with Gasteiger partial charge in [0.2, 0.25) is 11.0 Å². The standard InChI is InChI=1S/C22H21N5OS3/c1-13-8-7-11-17(14(13)2)23-21-26-27-22(31-21)30-15(3)19(28)25-20-24-18(12-29-20)16-9-5-4-6-10-16/h4-12,15H,1-3H3,(H,23,26)(H,24,25,28)/t15-/m0/s1. The Bertz CT molecular complexity index is 1190. The lowest BCUT2D eigenvalue weighted by Gasteiger charge is -2.08. The van der Waals surface area contributed by atoms with E-state index in [0.717, 1.165) is 21.3 Å². The molecule has 0 fully saturated rings. The summed E-state index contributed by atoms with van der Waals surface area (Å²) in [5.41, 5.74) is 5.29. The van der Waals surface area contributed by atoms with Gasteiger partial charge in [0.1, 0.15) is 0 Å². The van der Waals surface area contributed by atoms with Crippen LogP contribution in [0.1, 0.15) is 18.1 Å². The molecule has 1 amide bonds. The van der Waals surface area contributed by atoms with Crippen molar-refractivity contribution in [1.29, 1.82) is 0 Å². The lowest BCUT2D eigenvalue weighted by atomic mass is 10.1. The highest BCUT2D eigenvalue weighted by atomic mass is 32.2. The van der Waals surface area contributed by atoms with Crippen LogP contribution in [-0.2, 0) is 4.79 Å². The Labute approximate surface area is 193 Å². The first-order valence-corrected chi connectivity index (χ1v) is 12.2. The first-order chi connectivity index (χ1) is 15.0. The van der Waals surface area contributed by atoms with Gasteiger partial charge in [-0.1, -0.05) is 65.6 Å². The van der Waals surface area contributed by atoms with E-state index in [2.05, 4.69) is 45.7 Å². The molecule has 0 aliphatic rings. The maximum atomic E-state index is 12.6. The molecule has 0 radical (unpaired) electrons. The molecule has 2 aromatic heterocycles. The summed E-state index contributed by atoms with van der Waals surface area (Å²) in [6.45, 7) is 6.00. The fourth-order valence-corrected chi connectivity index (χ4v) is 5.42. The minimum absolute atomic E-state index is 0.113. The van der Waals surface area contributed by atoms with Crippen molar-refractivity contribution in [3.05, 3.63) is 65.0 Å². The van der Waals surface area contributed by atoms with Crippen molar-refractivity contribution in [2.75, 3.05) is 10.6 Å². The van der Waals surface area contributed by atoms with Crippen LogP contribution in [0.3, 0.4) is 0 Å². The summed E-state index contributed by atoms with van der Waals surface area (Å²) in [6, 6.07) is 16.0. The minimum atomic E-state index is -0.328. The molecule has 2 heterocycles. The van der Waals surface area contributed by atoms with Gasteiger partial charge in [0.25, 0.3) is 0 Å².